The number of aromatic nitrogens is 4. The summed E-state index contributed by atoms with van der Waals surface area (Å²) in [4.78, 5) is 12.0. The molecule has 102 valence electrons. The summed E-state index contributed by atoms with van der Waals surface area (Å²) in [5.74, 6) is -0.0497. The molecule has 0 bridgehead atoms. The molecule has 2 heterocycles. The van der Waals surface area contributed by atoms with Gasteiger partial charge >= 0.3 is 0 Å². The molecule has 1 amide bonds. The summed E-state index contributed by atoms with van der Waals surface area (Å²) in [5.41, 5.74) is 3.13. The van der Waals surface area contributed by atoms with Gasteiger partial charge in [-0.25, -0.2) is 0 Å². The van der Waals surface area contributed by atoms with Crippen molar-refractivity contribution < 1.29 is 4.79 Å². The average molecular weight is 261 g/mol. The number of nitrogens with one attached hydrogen (secondary N) is 1. The second-order valence-corrected chi connectivity index (χ2v) is 4.77. The minimum absolute atomic E-state index is 0.0497. The summed E-state index contributed by atoms with van der Waals surface area (Å²) in [6.07, 6.45) is 5.38. The fourth-order valence-electron chi connectivity index (χ4n) is 1.81. The van der Waals surface area contributed by atoms with Crippen molar-refractivity contribution in [1.82, 2.24) is 24.9 Å². The molecule has 0 aromatic carbocycles. The van der Waals surface area contributed by atoms with E-state index in [2.05, 4.69) is 15.5 Å². The molecule has 0 saturated heterocycles. The van der Waals surface area contributed by atoms with Crippen LogP contribution in [0, 0.1) is 13.8 Å². The highest BCUT2D eigenvalue weighted by molar-refractivity contribution is 5.79. The van der Waals surface area contributed by atoms with E-state index < -0.39 is 0 Å². The van der Waals surface area contributed by atoms with E-state index in [1.165, 1.54) is 0 Å². The lowest BCUT2D eigenvalue weighted by atomic mass is 10.2. The number of rotatable bonds is 4. The van der Waals surface area contributed by atoms with Gasteiger partial charge in [0, 0.05) is 31.0 Å². The van der Waals surface area contributed by atoms with Crippen LogP contribution in [0.3, 0.4) is 0 Å². The first-order valence-electron chi connectivity index (χ1n) is 6.25. The van der Waals surface area contributed by atoms with Crippen LogP contribution in [0.4, 0.5) is 0 Å². The highest BCUT2D eigenvalue weighted by Gasteiger charge is 2.15. The molecule has 0 aliphatic carbocycles. The predicted molar refractivity (Wildman–Crippen MR) is 71.5 cm³/mol. The molecular weight excluding hydrogens is 242 g/mol. The van der Waals surface area contributed by atoms with E-state index in [1.54, 1.807) is 21.8 Å². The molecule has 1 N–H and O–H groups in total. The summed E-state index contributed by atoms with van der Waals surface area (Å²) in [6, 6.07) is -0.314. The molecule has 6 nitrogen and oxygen atoms in total. The zero-order valence-electron chi connectivity index (χ0n) is 11.7. The molecular formula is C13H19N5O. The fraction of sp³-hybridized carbons (Fsp3) is 0.462. The average Bonchev–Trinajstić information content (AvgIpc) is 2.95. The maximum absolute atomic E-state index is 12.0. The van der Waals surface area contributed by atoms with Crippen molar-refractivity contribution in [3.05, 3.63) is 35.4 Å². The van der Waals surface area contributed by atoms with Crippen LogP contribution in [0.1, 0.15) is 29.8 Å². The fourth-order valence-corrected chi connectivity index (χ4v) is 1.81. The van der Waals surface area contributed by atoms with E-state index in [-0.39, 0.29) is 11.9 Å². The molecule has 2 aromatic rings. The van der Waals surface area contributed by atoms with Gasteiger partial charge in [-0.2, -0.15) is 10.2 Å². The van der Waals surface area contributed by atoms with Crippen molar-refractivity contribution in [3.63, 3.8) is 0 Å². The Morgan fingerprint density at radius 3 is 2.63 bits per heavy atom. The summed E-state index contributed by atoms with van der Waals surface area (Å²) in [6.45, 7) is 6.25. The summed E-state index contributed by atoms with van der Waals surface area (Å²) in [5, 5.41) is 11.2. The maximum atomic E-state index is 12.0. The number of hydrogen-bond donors (Lipinski definition) is 1. The van der Waals surface area contributed by atoms with Crippen LogP contribution in [0.25, 0.3) is 0 Å². The smallest absolute Gasteiger partial charge is 0.244 e. The molecule has 2 aromatic heterocycles. The minimum atomic E-state index is -0.314. The second kappa shape index (κ2) is 5.26. The lowest BCUT2D eigenvalue weighted by molar-refractivity contribution is -0.124. The molecule has 0 aliphatic heterocycles. The molecule has 1 unspecified atom stereocenters. The number of carbonyl (C=O) groups excluding carboxylic acids is 1. The topological polar surface area (TPSA) is 64.7 Å². The molecule has 1 atom stereocenters. The Morgan fingerprint density at radius 2 is 2.11 bits per heavy atom. The lowest BCUT2D eigenvalue weighted by Crippen LogP contribution is -2.31. The third-order valence-electron chi connectivity index (χ3n) is 3.30. The highest BCUT2D eigenvalue weighted by Crippen LogP contribution is 2.08. The van der Waals surface area contributed by atoms with E-state index in [9.17, 15) is 4.79 Å². The molecule has 19 heavy (non-hydrogen) atoms. The van der Waals surface area contributed by atoms with Gasteiger partial charge < -0.3 is 5.32 Å². The van der Waals surface area contributed by atoms with Crippen LogP contribution >= 0.6 is 0 Å². The summed E-state index contributed by atoms with van der Waals surface area (Å²) < 4.78 is 3.46. The van der Waals surface area contributed by atoms with Crippen LogP contribution in [0.2, 0.25) is 0 Å². The number of carbonyl (C=O) groups is 1. The first kappa shape index (κ1) is 13.3. The van der Waals surface area contributed by atoms with Gasteiger partial charge in [0.2, 0.25) is 5.91 Å². The number of nitrogens with zero attached hydrogens (tertiary/aromatic N) is 4. The zero-order chi connectivity index (χ0) is 14.0. The van der Waals surface area contributed by atoms with Gasteiger partial charge in [-0.3, -0.25) is 14.2 Å². The van der Waals surface area contributed by atoms with Gasteiger partial charge in [0.25, 0.3) is 0 Å². The van der Waals surface area contributed by atoms with Crippen molar-refractivity contribution in [1.29, 1.82) is 0 Å². The van der Waals surface area contributed by atoms with Crippen molar-refractivity contribution in [2.75, 3.05) is 0 Å². The highest BCUT2D eigenvalue weighted by atomic mass is 16.2. The van der Waals surface area contributed by atoms with Crippen LogP contribution < -0.4 is 5.32 Å². The van der Waals surface area contributed by atoms with Crippen LogP contribution in [-0.2, 0) is 18.4 Å². The van der Waals surface area contributed by atoms with E-state index in [0.717, 1.165) is 16.8 Å². The number of aryl methyl sites for hydroxylation is 2. The standard InChI is InChI=1S/C13H19N5O/c1-9-5-16-18(8-9)11(3)13(19)14-6-12-7-15-17(4)10(12)2/h5,7-8,11H,6H2,1-4H3,(H,14,19). The van der Waals surface area contributed by atoms with Crippen molar-refractivity contribution in [2.24, 2.45) is 7.05 Å². The Balaban J connectivity index is 1.96. The molecule has 0 spiro atoms. The number of amides is 1. The monoisotopic (exact) mass is 261 g/mol. The lowest BCUT2D eigenvalue weighted by Gasteiger charge is -2.12. The van der Waals surface area contributed by atoms with E-state index in [0.29, 0.717) is 6.54 Å². The Hall–Kier alpha value is -2.11. The molecule has 0 fully saturated rings. The summed E-state index contributed by atoms with van der Waals surface area (Å²) in [7, 11) is 1.88. The number of hydrogen-bond acceptors (Lipinski definition) is 3. The molecule has 0 saturated carbocycles. The molecule has 0 radical (unpaired) electrons. The normalized spacial score (nSPS) is 12.4. The Morgan fingerprint density at radius 1 is 1.37 bits per heavy atom. The van der Waals surface area contributed by atoms with Crippen LogP contribution in [0.5, 0.6) is 0 Å². The minimum Gasteiger partial charge on any atom is -0.350 e. The van der Waals surface area contributed by atoms with Gasteiger partial charge in [0.1, 0.15) is 6.04 Å². The van der Waals surface area contributed by atoms with Crippen LogP contribution in [-0.4, -0.2) is 25.5 Å². The predicted octanol–water partition coefficient (Wildman–Crippen LogP) is 1.11. The molecule has 6 heteroatoms. The van der Waals surface area contributed by atoms with Gasteiger partial charge in [-0.15, -0.1) is 0 Å². The third kappa shape index (κ3) is 2.83. The first-order chi connectivity index (χ1) is 8.99. The van der Waals surface area contributed by atoms with Gasteiger partial charge in [0.15, 0.2) is 0 Å². The quantitative estimate of drug-likeness (QED) is 0.896. The van der Waals surface area contributed by atoms with Gasteiger partial charge in [-0.1, -0.05) is 0 Å². The third-order valence-corrected chi connectivity index (χ3v) is 3.30. The Bertz CT molecular complexity index is 584. The zero-order valence-corrected chi connectivity index (χ0v) is 11.7. The van der Waals surface area contributed by atoms with Gasteiger partial charge in [-0.05, 0) is 26.3 Å². The maximum Gasteiger partial charge on any atom is 0.244 e. The van der Waals surface area contributed by atoms with E-state index in [1.807, 2.05) is 34.0 Å². The van der Waals surface area contributed by atoms with Crippen molar-refractivity contribution >= 4 is 5.91 Å². The van der Waals surface area contributed by atoms with E-state index in [4.69, 9.17) is 0 Å². The molecule has 0 aliphatic rings. The van der Waals surface area contributed by atoms with Crippen LogP contribution in [0.15, 0.2) is 18.6 Å². The molecule has 2 rings (SSSR count). The van der Waals surface area contributed by atoms with Gasteiger partial charge in [0.05, 0.1) is 12.4 Å². The second-order valence-electron chi connectivity index (χ2n) is 4.77. The Labute approximate surface area is 112 Å². The van der Waals surface area contributed by atoms with E-state index >= 15 is 0 Å². The van der Waals surface area contributed by atoms with Crippen molar-refractivity contribution in [3.8, 4) is 0 Å². The first-order valence-corrected chi connectivity index (χ1v) is 6.25. The SMILES string of the molecule is Cc1cnn(C(C)C(=O)NCc2cnn(C)c2C)c1. The van der Waals surface area contributed by atoms with Crippen molar-refractivity contribution in [2.45, 2.75) is 33.4 Å². The Kier molecular flexibility index (Phi) is 3.69. The largest absolute Gasteiger partial charge is 0.350 e. The summed E-state index contributed by atoms with van der Waals surface area (Å²) >= 11 is 0.